The van der Waals surface area contributed by atoms with Gasteiger partial charge in [0.15, 0.2) is 0 Å². The van der Waals surface area contributed by atoms with E-state index >= 15 is 0 Å². The fraction of sp³-hybridized carbons (Fsp3) is 0.235. The third-order valence-corrected chi connectivity index (χ3v) is 3.77. The van der Waals surface area contributed by atoms with Gasteiger partial charge in [-0.1, -0.05) is 0 Å². The summed E-state index contributed by atoms with van der Waals surface area (Å²) in [4.78, 5) is 34.2. The van der Waals surface area contributed by atoms with Crippen LogP contribution in [0.4, 0.5) is 9.18 Å². The molecule has 130 valence electrons. The van der Waals surface area contributed by atoms with Crippen LogP contribution in [0.2, 0.25) is 0 Å². The summed E-state index contributed by atoms with van der Waals surface area (Å²) in [5.74, 6) is 0.130. The molecule has 8 heteroatoms. The van der Waals surface area contributed by atoms with Gasteiger partial charge in [0, 0.05) is 12.0 Å². The van der Waals surface area contributed by atoms with Gasteiger partial charge < -0.3 is 15.1 Å². The van der Waals surface area contributed by atoms with E-state index in [0.717, 1.165) is 5.56 Å². The van der Waals surface area contributed by atoms with Crippen LogP contribution in [0.15, 0.2) is 40.8 Å². The van der Waals surface area contributed by atoms with Crippen LogP contribution in [0.25, 0.3) is 11.3 Å². The maximum atomic E-state index is 12.9. The zero-order valence-corrected chi connectivity index (χ0v) is 13.2. The van der Waals surface area contributed by atoms with E-state index in [4.69, 9.17) is 4.42 Å². The van der Waals surface area contributed by atoms with Crippen LogP contribution in [0.5, 0.6) is 0 Å². The normalized spacial score (nSPS) is 16.4. The molecule has 1 aliphatic heterocycles. The van der Waals surface area contributed by atoms with Gasteiger partial charge in [-0.25, -0.2) is 9.18 Å². The molecular formula is C17H16FN3O4. The van der Waals surface area contributed by atoms with Gasteiger partial charge >= 0.3 is 6.03 Å². The topological polar surface area (TPSA) is 100 Å². The summed E-state index contributed by atoms with van der Waals surface area (Å²) in [7, 11) is 0. The minimum absolute atomic E-state index is 0.101. The highest BCUT2D eigenvalue weighted by Gasteiger charge is 2.29. The van der Waals surface area contributed by atoms with E-state index in [1.165, 1.54) is 12.1 Å². The molecule has 0 unspecified atom stereocenters. The molecular weight excluding hydrogens is 329 g/mol. The summed E-state index contributed by atoms with van der Waals surface area (Å²) in [5.41, 5.74) is 0.738. The van der Waals surface area contributed by atoms with Crippen LogP contribution in [0, 0.1) is 5.82 Å². The van der Waals surface area contributed by atoms with Crippen molar-refractivity contribution in [2.24, 2.45) is 0 Å². The SMILES string of the molecule is O=C(CC[C@@H]1NC(=O)NC1=O)NCc1ccc(-c2ccc(F)cc2)o1. The molecule has 1 aromatic carbocycles. The van der Waals surface area contributed by atoms with Crippen LogP contribution < -0.4 is 16.0 Å². The smallest absolute Gasteiger partial charge is 0.322 e. The Labute approximate surface area is 142 Å². The van der Waals surface area contributed by atoms with Gasteiger partial charge in [-0.05, 0) is 42.8 Å². The second-order valence-electron chi connectivity index (χ2n) is 5.60. The molecule has 0 saturated carbocycles. The lowest BCUT2D eigenvalue weighted by molar-refractivity contribution is -0.122. The van der Waals surface area contributed by atoms with E-state index in [-0.39, 0.29) is 31.1 Å². The van der Waals surface area contributed by atoms with Crippen LogP contribution in [-0.2, 0) is 16.1 Å². The summed E-state index contributed by atoms with van der Waals surface area (Å²) in [6.07, 6.45) is 0.326. The number of furan rings is 1. The zero-order valence-electron chi connectivity index (χ0n) is 13.2. The first kappa shape index (κ1) is 16.7. The van der Waals surface area contributed by atoms with Crippen molar-refractivity contribution >= 4 is 17.8 Å². The predicted octanol–water partition coefficient (Wildman–Crippen LogP) is 1.69. The second kappa shape index (κ2) is 7.16. The van der Waals surface area contributed by atoms with Crippen LogP contribution in [0.3, 0.4) is 0 Å². The number of hydrogen-bond acceptors (Lipinski definition) is 4. The van der Waals surface area contributed by atoms with Crippen LogP contribution in [0.1, 0.15) is 18.6 Å². The van der Waals surface area contributed by atoms with Crippen molar-refractivity contribution in [1.82, 2.24) is 16.0 Å². The molecule has 2 heterocycles. The molecule has 1 atom stereocenters. The van der Waals surface area contributed by atoms with E-state index < -0.39 is 18.0 Å². The van der Waals surface area contributed by atoms with E-state index in [1.807, 2.05) is 0 Å². The summed E-state index contributed by atoms with van der Waals surface area (Å²) < 4.78 is 18.5. The Bertz CT molecular complexity index is 800. The lowest BCUT2D eigenvalue weighted by Gasteiger charge is -2.07. The van der Waals surface area contributed by atoms with E-state index in [9.17, 15) is 18.8 Å². The number of imide groups is 1. The third kappa shape index (κ3) is 4.23. The van der Waals surface area contributed by atoms with Gasteiger partial charge in [-0.2, -0.15) is 0 Å². The maximum Gasteiger partial charge on any atom is 0.322 e. The first-order valence-corrected chi connectivity index (χ1v) is 7.74. The Morgan fingerprint density at radius 3 is 2.60 bits per heavy atom. The van der Waals surface area contributed by atoms with Crippen LogP contribution in [-0.4, -0.2) is 23.9 Å². The second-order valence-corrected chi connectivity index (χ2v) is 5.60. The molecule has 1 aromatic heterocycles. The maximum absolute atomic E-state index is 12.9. The Kier molecular flexibility index (Phi) is 4.78. The fourth-order valence-electron chi connectivity index (χ4n) is 2.45. The van der Waals surface area contributed by atoms with Crippen molar-refractivity contribution in [2.75, 3.05) is 0 Å². The number of rotatable bonds is 6. The summed E-state index contributed by atoms with van der Waals surface area (Å²) in [5, 5.41) is 7.23. The molecule has 1 saturated heterocycles. The number of carbonyl (C=O) groups excluding carboxylic acids is 3. The Balaban J connectivity index is 1.47. The molecule has 25 heavy (non-hydrogen) atoms. The largest absolute Gasteiger partial charge is 0.459 e. The third-order valence-electron chi connectivity index (χ3n) is 3.77. The van der Waals surface area contributed by atoms with Crippen molar-refractivity contribution in [3.63, 3.8) is 0 Å². The summed E-state index contributed by atoms with van der Waals surface area (Å²) >= 11 is 0. The first-order valence-electron chi connectivity index (χ1n) is 7.74. The number of urea groups is 1. The Morgan fingerprint density at radius 1 is 1.16 bits per heavy atom. The highest BCUT2D eigenvalue weighted by atomic mass is 19.1. The Morgan fingerprint density at radius 2 is 1.92 bits per heavy atom. The summed E-state index contributed by atoms with van der Waals surface area (Å²) in [6, 6.07) is 8.16. The average molecular weight is 345 g/mol. The van der Waals surface area contributed by atoms with Gasteiger partial charge in [-0.3, -0.25) is 14.9 Å². The van der Waals surface area contributed by atoms with Crippen molar-refractivity contribution in [3.8, 4) is 11.3 Å². The number of carbonyl (C=O) groups is 3. The highest BCUT2D eigenvalue weighted by Crippen LogP contribution is 2.22. The van der Waals surface area contributed by atoms with E-state index in [0.29, 0.717) is 11.5 Å². The quantitative estimate of drug-likeness (QED) is 0.694. The molecule has 1 fully saturated rings. The van der Waals surface area contributed by atoms with Gasteiger partial charge in [0.25, 0.3) is 5.91 Å². The van der Waals surface area contributed by atoms with Gasteiger partial charge in [-0.15, -0.1) is 0 Å². The lowest BCUT2D eigenvalue weighted by atomic mass is 10.1. The Hall–Kier alpha value is -3.16. The molecule has 7 nitrogen and oxygen atoms in total. The standard InChI is InChI=1S/C17H16FN3O4/c18-11-3-1-10(2-4-11)14-7-5-12(25-14)9-19-15(22)8-6-13-16(23)21-17(24)20-13/h1-5,7,13H,6,8-9H2,(H,19,22)(H2,20,21,23,24)/t13-/m0/s1. The number of amides is 4. The number of hydrogen-bond donors (Lipinski definition) is 3. The van der Waals surface area contributed by atoms with Gasteiger partial charge in [0.1, 0.15) is 23.4 Å². The minimum Gasteiger partial charge on any atom is -0.459 e. The molecule has 2 aromatic rings. The monoisotopic (exact) mass is 345 g/mol. The molecule has 1 aliphatic rings. The van der Waals surface area contributed by atoms with E-state index in [1.54, 1.807) is 24.3 Å². The van der Waals surface area contributed by atoms with Gasteiger partial charge in [0.05, 0.1) is 6.54 Å². The molecule has 0 spiro atoms. The molecule has 3 rings (SSSR count). The highest BCUT2D eigenvalue weighted by molar-refractivity contribution is 6.04. The lowest BCUT2D eigenvalue weighted by Crippen LogP contribution is -2.31. The molecule has 0 bridgehead atoms. The minimum atomic E-state index is -0.674. The van der Waals surface area contributed by atoms with Crippen molar-refractivity contribution < 1.29 is 23.2 Å². The first-order chi connectivity index (χ1) is 12.0. The predicted molar refractivity (Wildman–Crippen MR) is 85.6 cm³/mol. The summed E-state index contributed by atoms with van der Waals surface area (Å²) in [6.45, 7) is 0.198. The van der Waals surface area contributed by atoms with Gasteiger partial charge in [0.2, 0.25) is 5.91 Å². The number of nitrogens with one attached hydrogen (secondary N) is 3. The molecule has 0 aliphatic carbocycles. The fourth-order valence-corrected chi connectivity index (χ4v) is 2.45. The number of halogens is 1. The van der Waals surface area contributed by atoms with Crippen molar-refractivity contribution in [2.45, 2.75) is 25.4 Å². The van der Waals surface area contributed by atoms with E-state index in [2.05, 4.69) is 16.0 Å². The zero-order chi connectivity index (χ0) is 17.8. The van der Waals surface area contributed by atoms with Crippen LogP contribution >= 0.6 is 0 Å². The van der Waals surface area contributed by atoms with Crippen molar-refractivity contribution in [1.29, 1.82) is 0 Å². The van der Waals surface area contributed by atoms with Crippen molar-refractivity contribution in [3.05, 3.63) is 48.0 Å². The molecule has 4 amide bonds. The molecule has 3 N–H and O–H groups in total. The number of benzene rings is 1. The molecule has 0 radical (unpaired) electrons. The average Bonchev–Trinajstić information content (AvgIpc) is 3.18.